The maximum Gasteiger partial charge on any atom is 0.252 e. The number of benzene rings is 1. The number of thioether (sulfide) groups is 1. The van der Waals surface area contributed by atoms with Gasteiger partial charge in [0.15, 0.2) is 4.34 Å². The zero-order valence-corrected chi connectivity index (χ0v) is 18.3. The molecule has 3 amide bonds. The second-order valence-corrected chi connectivity index (χ2v) is 9.81. The summed E-state index contributed by atoms with van der Waals surface area (Å²) in [6, 6.07) is 7.94. The first-order chi connectivity index (χ1) is 14.5. The van der Waals surface area contributed by atoms with E-state index >= 15 is 0 Å². The molecule has 2 aromatic rings. The molecule has 0 unspecified atom stereocenters. The lowest BCUT2D eigenvalue weighted by Crippen LogP contribution is -2.69. The molecule has 1 saturated carbocycles. The van der Waals surface area contributed by atoms with E-state index in [9.17, 15) is 14.4 Å². The van der Waals surface area contributed by atoms with Crippen molar-refractivity contribution in [2.45, 2.75) is 48.9 Å². The summed E-state index contributed by atoms with van der Waals surface area (Å²) in [4.78, 5) is 39.0. The maximum absolute atomic E-state index is 13.0. The second-order valence-electron chi connectivity index (χ2n) is 7.61. The average Bonchev–Trinajstić information content (AvgIpc) is 3.17. The molecule has 1 saturated heterocycles. The van der Waals surface area contributed by atoms with E-state index in [0.717, 1.165) is 30.5 Å². The third-order valence-corrected chi connectivity index (χ3v) is 7.43. The fraction of sp³-hybridized carbons (Fsp3) is 0.450. The number of carbonyl (C=O) groups is 3. The molecule has 10 heteroatoms. The summed E-state index contributed by atoms with van der Waals surface area (Å²) in [5.41, 5.74) is 1.18. The third-order valence-electron chi connectivity index (χ3n) is 5.47. The summed E-state index contributed by atoms with van der Waals surface area (Å²) < 4.78 is 0.656. The summed E-state index contributed by atoms with van der Waals surface area (Å²) in [6.45, 7) is 1.95. The Morgan fingerprint density at radius 3 is 2.83 bits per heavy atom. The van der Waals surface area contributed by atoms with Crippen LogP contribution in [0.15, 0.2) is 28.6 Å². The molecule has 2 aliphatic rings. The molecule has 1 aromatic heterocycles. The SMILES string of the molecule is Cc1cccc(Nc2nnc(SCC(=O)N3CC(=O)NC(=O)C34CCCCC4)s2)c1. The Bertz CT molecular complexity index is 971. The van der Waals surface area contributed by atoms with Crippen LogP contribution in [0.4, 0.5) is 10.8 Å². The molecule has 30 heavy (non-hydrogen) atoms. The van der Waals surface area contributed by atoms with Gasteiger partial charge in [0.25, 0.3) is 5.91 Å². The summed E-state index contributed by atoms with van der Waals surface area (Å²) >= 11 is 2.64. The van der Waals surface area contributed by atoms with Gasteiger partial charge in [-0.15, -0.1) is 10.2 Å². The van der Waals surface area contributed by atoms with Gasteiger partial charge in [-0.05, 0) is 37.5 Å². The Morgan fingerprint density at radius 1 is 1.27 bits per heavy atom. The normalized spacial score (nSPS) is 18.4. The van der Waals surface area contributed by atoms with Gasteiger partial charge in [0.2, 0.25) is 16.9 Å². The Hall–Kier alpha value is -2.46. The number of rotatable bonds is 5. The molecule has 0 bridgehead atoms. The van der Waals surface area contributed by atoms with E-state index in [1.165, 1.54) is 28.0 Å². The highest BCUT2D eigenvalue weighted by Crippen LogP contribution is 2.36. The molecule has 0 radical (unpaired) electrons. The van der Waals surface area contributed by atoms with Crippen LogP contribution >= 0.6 is 23.1 Å². The van der Waals surface area contributed by atoms with Crippen LogP contribution in [0.1, 0.15) is 37.7 Å². The molecule has 158 valence electrons. The second kappa shape index (κ2) is 8.73. The minimum Gasteiger partial charge on any atom is -0.330 e. The highest BCUT2D eigenvalue weighted by molar-refractivity contribution is 8.01. The van der Waals surface area contributed by atoms with Gasteiger partial charge in [-0.3, -0.25) is 19.7 Å². The van der Waals surface area contributed by atoms with Gasteiger partial charge in [-0.1, -0.05) is 54.5 Å². The van der Waals surface area contributed by atoms with Crippen LogP contribution in [-0.2, 0) is 14.4 Å². The summed E-state index contributed by atoms with van der Waals surface area (Å²) in [5, 5.41) is 14.6. The molecule has 2 fully saturated rings. The standard InChI is InChI=1S/C20H23N5O3S2/c1-13-6-5-7-14(10-13)21-18-23-24-19(30-18)29-12-16(27)25-11-15(26)22-17(28)20(25)8-3-2-4-9-20/h5-7,10H,2-4,8-9,11-12H2,1H3,(H,21,23)(H,22,26,28). The molecule has 2 heterocycles. The first-order valence-corrected chi connectivity index (χ1v) is 11.7. The van der Waals surface area contributed by atoms with Crippen molar-refractivity contribution in [3.05, 3.63) is 29.8 Å². The lowest BCUT2D eigenvalue weighted by molar-refractivity contribution is -0.158. The van der Waals surface area contributed by atoms with Crippen LogP contribution in [-0.4, -0.2) is 50.7 Å². The minimum absolute atomic E-state index is 0.0680. The molecule has 4 rings (SSSR count). The molecule has 1 aliphatic carbocycles. The number of hydrogen-bond donors (Lipinski definition) is 2. The number of anilines is 2. The van der Waals surface area contributed by atoms with Gasteiger partial charge in [0, 0.05) is 5.69 Å². The maximum atomic E-state index is 13.0. The number of nitrogens with zero attached hydrogens (tertiary/aromatic N) is 3. The lowest BCUT2D eigenvalue weighted by Gasteiger charge is -2.47. The van der Waals surface area contributed by atoms with E-state index < -0.39 is 11.4 Å². The number of aromatic nitrogens is 2. The molecular formula is C20H23N5O3S2. The zero-order chi connectivity index (χ0) is 21.1. The van der Waals surface area contributed by atoms with Crippen molar-refractivity contribution >= 4 is 51.6 Å². The van der Waals surface area contributed by atoms with Gasteiger partial charge in [-0.2, -0.15) is 0 Å². The average molecular weight is 446 g/mol. The van der Waals surface area contributed by atoms with Crippen LogP contribution in [0, 0.1) is 6.92 Å². The predicted octanol–water partition coefficient (Wildman–Crippen LogP) is 2.87. The van der Waals surface area contributed by atoms with Crippen LogP contribution in [0.5, 0.6) is 0 Å². The lowest BCUT2D eigenvalue weighted by atomic mass is 9.78. The fourth-order valence-corrected chi connectivity index (χ4v) is 5.68. The summed E-state index contributed by atoms with van der Waals surface area (Å²) in [7, 11) is 0. The molecule has 2 N–H and O–H groups in total. The number of aryl methyl sites for hydroxylation is 1. The number of nitrogens with one attached hydrogen (secondary N) is 2. The number of carbonyl (C=O) groups excluding carboxylic acids is 3. The van der Waals surface area contributed by atoms with Crippen molar-refractivity contribution in [1.82, 2.24) is 20.4 Å². The van der Waals surface area contributed by atoms with Crippen molar-refractivity contribution in [2.75, 3.05) is 17.6 Å². The topological polar surface area (TPSA) is 104 Å². The van der Waals surface area contributed by atoms with E-state index in [4.69, 9.17) is 0 Å². The Kier molecular flexibility index (Phi) is 6.05. The summed E-state index contributed by atoms with van der Waals surface area (Å²) in [5.74, 6) is -0.859. The molecule has 0 atom stereocenters. The summed E-state index contributed by atoms with van der Waals surface area (Å²) in [6.07, 6.45) is 4.00. The van der Waals surface area contributed by atoms with Crippen LogP contribution in [0.3, 0.4) is 0 Å². The first kappa shape index (κ1) is 20.8. The number of imide groups is 1. The highest BCUT2D eigenvalue weighted by atomic mass is 32.2. The highest BCUT2D eigenvalue weighted by Gasteiger charge is 2.50. The van der Waals surface area contributed by atoms with Crippen LogP contribution in [0.2, 0.25) is 0 Å². The number of hydrogen-bond acceptors (Lipinski definition) is 8. The third kappa shape index (κ3) is 4.34. The van der Waals surface area contributed by atoms with Gasteiger partial charge in [0.1, 0.15) is 12.1 Å². The van der Waals surface area contributed by atoms with Crippen molar-refractivity contribution in [3.8, 4) is 0 Å². The van der Waals surface area contributed by atoms with E-state index in [2.05, 4.69) is 20.8 Å². The zero-order valence-electron chi connectivity index (χ0n) is 16.6. The van der Waals surface area contributed by atoms with E-state index in [0.29, 0.717) is 22.3 Å². The molecule has 1 aromatic carbocycles. The van der Waals surface area contributed by atoms with Gasteiger partial charge in [0.05, 0.1) is 5.75 Å². The largest absolute Gasteiger partial charge is 0.330 e. The first-order valence-electron chi connectivity index (χ1n) is 9.91. The van der Waals surface area contributed by atoms with Crippen LogP contribution < -0.4 is 10.6 Å². The number of amides is 3. The van der Waals surface area contributed by atoms with Gasteiger partial charge < -0.3 is 10.2 Å². The monoisotopic (exact) mass is 445 g/mol. The quantitative estimate of drug-likeness (QED) is 0.539. The van der Waals surface area contributed by atoms with Crippen molar-refractivity contribution in [2.24, 2.45) is 0 Å². The van der Waals surface area contributed by atoms with Crippen molar-refractivity contribution < 1.29 is 14.4 Å². The van der Waals surface area contributed by atoms with Crippen molar-refractivity contribution in [3.63, 3.8) is 0 Å². The smallest absolute Gasteiger partial charge is 0.252 e. The molecule has 1 spiro atoms. The fourth-order valence-electron chi connectivity index (χ4n) is 4.03. The van der Waals surface area contributed by atoms with Crippen molar-refractivity contribution in [1.29, 1.82) is 0 Å². The Morgan fingerprint density at radius 2 is 2.07 bits per heavy atom. The molecular weight excluding hydrogens is 422 g/mol. The van der Waals surface area contributed by atoms with Gasteiger partial charge >= 0.3 is 0 Å². The van der Waals surface area contributed by atoms with Crippen LogP contribution in [0.25, 0.3) is 0 Å². The van der Waals surface area contributed by atoms with Gasteiger partial charge in [-0.25, -0.2) is 0 Å². The minimum atomic E-state index is -0.886. The molecule has 8 nitrogen and oxygen atoms in total. The predicted molar refractivity (Wildman–Crippen MR) is 116 cm³/mol. The van der Waals surface area contributed by atoms with E-state index in [1.54, 1.807) is 0 Å². The van der Waals surface area contributed by atoms with E-state index in [1.807, 2.05) is 31.2 Å². The Balaban J connectivity index is 1.40. The number of piperazine rings is 1. The van der Waals surface area contributed by atoms with E-state index in [-0.39, 0.29) is 24.1 Å². The Labute approximate surface area is 182 Å². The molecule has 1 aliphatic heterocycles.